The number of hydrogen-bond donors (Lipinski definition) is 0. The van der Waals surface area contributed by atoms with E-state index in [4.69, 9.17) is 5.26 Å². The van der Waals surface area contributed by atoms with Gasteiger partial charge in [-0.1, -0.05) is 0 Å². The molecular weight excluding hydrogens is 617 g/mol. The van der Waals surface area contributed by atoms with Crippen LogP contribution in [0.15, 0.2) is 16.7 Å². The zero-order valence-electron chi connectivity index (χ0n) is 20.8. The fourth-order valence-electron chi connectivity index (χ4n) is 4.15. The molecule has 218 valence electrons. The maximum absolute atomic E-state index is 15.0. The molecule has 2 heterocycles. The lowest BCUT2D eigenvalue weighted by Crippen LogP contribution is -2.06. The molecule has 1 saturated carbocycles. The number of aryl methyl sites for hydroxylation is 1. The van der Waals surface area contributed by atoms with Crippen LogP contribution >= 0.6 is 0 Å². The van der Waals surface area contributed by atoms with Crippen LogP contribution in [0.1, 0.15) is 27.9 Å². The molecule has 0 bridgehead atoms. The van der Waals surface area contributed by atoms with Gasteiger partial charge in [0.2, 0.25) is 5.95 Å². The summed E-state index contributed by atoms with van der Waals surface area (Å²) < 4.78 is 160. The fourth-order valence-corrected chi connectivity index (χ4v) is 4.15. The van der Waals surface area contributed by atoms with Crippen LogP contribution in [-0.2, 0) is 0 Å². The molecule has 0 aliphatic heterocycles. The van der Waals surface area contributed by atoms with Crippen molar-refractivity contribution in [3.63, 3.8) is 0 Å². The monoisotopic (exact) mass is 620 g/mol. The standard InChI is InChI=1S/C27H3F11N6/c1-6-17(28)14(22(33)25(36)43-6)7(2-39)11-12(8(3-40)15-20(31)18(29)10(5-42)19(30)21(15)32)13(11)9(4-41)16-23(34)26(37)44-27(38)24(16)35/h1H3/b11-7+,12-8-,13-9?. The van der Waals surface area contributed by atoms with Crippen LogP contribution in [0, 0.1) is 117 Å². The SMILES string of the molecule is Cc1nc(F)c(F)c(/C(C#N)=C2/C(=C(C#N)c3c(F)c(F)nc(F)c3F)/C2=C(/C#N)c2c(F)c(F)c(C#N)c(F)c2F)c1F. The third-order valence-electron chi connectivity index (χ3n) is 6.10. The molecule has 0 spiro atoms. The summed E-state index contributed by atoms with van der Waals surface area (Å²) in [5.41, 5.74) is -16.4. The Bertz CT molecular complexity index is 1960. The molecule has 1 aliphatic rings. The average Bonchev–Trinajstić information content (AvgIpc) is 3.70. The van der Waals surface area contributed by atoms with E-state index in [-0.39, 0.29) is 0 Å². The predicted octanol–water partition coefficient (Wildman–Crippen LogP) is 6.43. The number of nitrogens with zero attached hydrogens (tertiary/aromatic N) is 6. The Morgan fingerprint density at radius 2 is 0.773 bits per heavy atom. The van der Waals surface area contributed by atoms with Gasteiger partial charge in [0.1, 0.15) is 29.8 Å². The second-order valence-corrected chi connectivity index (χ2v) is 8.39. The highest BCUT2D eigenvalue weighted by molar-refractivity contribution is 6.12. The van der Waals surface area contributed by atoms with Crippen LogP contribution in [0.25, 0.3) is 16.7 Å². The molecule has 17 heteroatoms. The molecule has 1 fully saturated rings. The number of halogens is 11. The first-order valence-electron chi connectivity index (χ1n) is 11.1. The maximum Gasteiger partial charge on any atom is 0.252 e. The average molecular weight is 620 g/mol. The minimum absolute atomic E-state index is 0.781. The van der Waals surface area contributed by atoms with Crippen molar-refractivity contribution in [2.45, 2.75) is 6.92 Å². The third-order valence-corrected chi connectivity index (χ3v) is 6.10. The Kier molecular flexibility index (Phi) is 7.70. The van der Waals surface area contributed by atoms with Gasteiger partial charge in [-0.05, 0) is 6.92 Å². The molecule has 2 aromatic heterocycles. The minimum atomic E-state index is -2.42. The normalized spacial score (nSPS) is 15.5. The van der Waals surface area contributed by atoms with E-state index in [0.29, 0.717) is 0 Å². The molecule has 0 amide bonds. The Balaban J connectivity index is 2.34. The summed E-state index contributed by atoms with van der Waals surface area (Å²) in [5.74, 6) is -25.0. The minimum Gasteiger partial charge on any atom is -0.219 e. The van der Waals surface area contributed by atoms with Crippen molar-refractivity contribution >= 4 is 16.7 Å². The summed E-state index contributed by atoms with van der Waals surface area (Å²) in [7, 11) is 0. The summed E-state index contributed by atoms with van der Waals surface area (Å²) in [6, 6.07) is 4.08. The molecular formula is C27H3F11N6. The lowest BCUT2D eigenvalue weighted by atomic mass is 9.99. The van der Waals surface area contributed by atoms with Crippen molar-refractivity contribution in [2.24, 2.45) is 0 Å². The van der Waals surface area contributed by atoms with E-state index < -0.39 is 126 Å². The van der Waals surface area contributed by atoms with Gasteiger partial charge in [0.15, 0.2) is 46.5 Å². The van der Waals surface area contributed by atoms with E-state index in [1.807, 2.05) is 0 Å². The number of hydrogen-bond acceptors (Lipinski definition) is 6. The number of nitriles is 4. The van der Waals surface area contributed by atoms with Crippen molar-refractivity contribution < 1.29 is 48.3 Å². The third kappa shape index (κ3) is 4.39. The summed E-state index contributed by atoms with van der Waals surface area (Å²) >= 11 is 0. The van der Waals surface area contributed by atoms with Crippen molar-refractivity contribution in [2.75, 3.05) is 0 Å². The van der Waals surface area contributed by atoms with Gasteiger partial charge in [-0.25, -0.2) is 40.1 Å². The van der Waals surface area contributed by atoms with Crippen molar-refractivity contribution in [1.82, 2.24) is 9.97 Å². The fraction of sp³-hybridized carbons (Fsp3) is 0.0370. The Hall–Kier alpha value is -6.07. The van der Waals surface area contributed by atoms with E-state index in [9.17, 15) is 64.1 Å². The number of benzene rings is 1. The molecule has 0 unspecified atom stereocenters. The summed E-state index contributed by atoms with van der Waals surface area (Å²) in [6.07, 6.45) is 0. The Labute approximate surface area is 236 Å². The molecule has 0 N–H and O–H groups in total. The first-order valence-corrected chi connectivity index (χ1v) is 11.1. The number of pyridine rings is 2. The highest BCUT2D eigenvalue weighted by Crippen LogP contribution is 2.57. The second-order valence-electron chi connectivity index (χ2n) is 8.39. The summed E-state index contributed by atoms with van der Waals surface area (Å²) in [6.45, 7) is 0.781. The van der Waals surface area contributed by atoms with Crippen molar-refractivity contribution in [3.05, 3.63) is 109 Å². The molecule has 0 radical (unpaired) electrons. The van der Waals surface area contributed by atoms with Crippen LogP contribution in [0.3, 0.4) is 0 Å². The van der Waals surface area contributed by atoms with Crippen LogP contribution in [0.4, 0.5) is 48.3 Å². The Morgan fingerprint density at radius 1 is 0.455 bits per heavy atom. The molecule has 44 heavy (non-hydrogen) atoms. The summed E-state index contributed by atoms with van der Waals surface area (Å²) in [4.78, 5) is 5.16. The first-order chi connectivity index (χ1) is 20.7. The van der Waals surface area contributed by atoms with E-state index in [1.165, 1.54) is 0 Å². The van der Waals surface area contributed by atoms with Gasteiger partial charge in [-0.15, -0.1) is 0 Å². The van der Waals surface area contributed by atoms with Crippen LogP contribution in [0.5, 0.6) is 0 Å². The highest BCUT2D eigenvalue weighted by Gasteiger charge is 2.45. The molecule has 6 nitrogen and oxygen atoms in total. The van der Waals surface area contributed by atoms with Gasteiger partial charge < -0.3 is 0 Å². The largest absolute Gasteiger partial charge is 0.252 e. The smallest absolute Gasteiger partial charge is 0.219 e. The lowest BCUT2D eigenvalue weighted by molar-refractivity contribution is 0.404. The van der Waals surface area contributed by atoms with Gasteiger partial charge >= 0.3 is 0 Å². The lowest BCUT2D eigenvalue weighted by Gasteiger charge is -2.07. The molecule has 1 aromatic carbocycles. The zero-order valence-corrected chi connectivity index (χ0v) is 20.8. The quantitative estimate of drug-likeness (QED) is 0.144. The predicted molar refractivity (Wildman–Crippen MR) is 122 cm³/mol. The molecule has 0 atom stereocenters. The van der Waals surface area contributed by atoms with Gasteiger partial charge in [0, 0.05) is 16.7 Å². The highest BCUT2D eigenvalue weighted by atomic mass is 19.2. The van der Waals surface area contributed by atoms with E-state index >= 15 is 0 Å². The van der Waals surface area contributed by atoms with Crippen LogP contribution in [-0.4, -0.2) is 9.97 Å². The van der Waals surface area contributed by atoms with Gasteiger partial charge in [0.25, 0.3) is 11.9 Å². The van der Waals surface area contributed by atoms with Gasteiger partial charge in [0.05, 0.1) is 39.1 Å². The van der Waals surface area contributed by atoms with Crippen LogP contribution < -0.4 is 0 Å². The maximum atomic E-state index is 15.0. The van der Waals surface area contributed by atoms with E-state index in [2.05, 4.69) is 9.97 Å². The van der Waals surface area contributed by atoms with Gasteiger partial charge in [-0.2, -0.15) is 39.2 Å². The molecule has 4 rings (SSSR count). The topological polar surface area (TPSA) is 121 Å². The Morgan fingerprint density at radius 3 is 1.11 bits per heavy atom. The van der Waals surface area contributed by atoms with Crippen molar-refractivity contribution in [1.29, 1.82) is 21.0 Å². The molecule has 0 saturated heterocycles. The molecule has 3 aromatic rings. The van der Waals surface area contributed by atoms with E-state index in [1.54, 1.807) is 0 Å². The number of allylic oxidation sites excluding steroid dienone is 6. The second kappa shape index (κ2) is 11.0. The zero-order chi connectivity index (χ0) is 32.9. The number of aromatic nitrogens is 2. The van der Waals surface area contributed by atoms with Crippen molar-refractivity contribution in [3.8, 4) is 24.3 Å². The summed E-state index contributed by atoms with van der Waals surface area (Å²) in [5, 5.41) is 38.1. The van der Waals surface area contributed by atoms with Crippen LogP contribution in [0.2, 0.25) is 0 Å². The van der Waals surface area contributed by atoms with Gasteiger partial charge in [-0.3, -0.25) is 0 Å². The number of rotatable bonds is 3. The molecule has 1 aliphatic carbocycles. The van der Waals surface area contributed by atoms with E-state index in [0.717, 1.165) is 31.2 Å². The first kappa shape index (κ1) is 30.9.